The van der Waals surface area contributed by atoms with Crippen LogP contribution in [0.25, 0.3) is 0 Å². The molecular weight excluding hydrogens is 282 g/mol. The molecule has 122 valence electrons. The molecule has 1 rings (SSSR count). The van der Waals surface area contributed by atoms with Crippen LogP contribution in [-0.4, -0.2) is 43.5 Å². The molecule has 0 saturated heterocycles. The number of rotatable bonds is 7. The molecule has 0 heterocycles. The standard InChI is InChI=1S/C16H25N3O3/c1-5-11(2)15(17)16(21)18-12-7-6-8-13(9-12)22-10-14(20)19(3)4/h6-9,11,15H,5,10,17H2,1-4H3,(H,18,21). The molecule has 6 nitrogen and oxygen atoms in total. The zero-order valence-corrected chi connectivity index (χ0v) is 13.6. The van der Waals surface area contributed by atoms with Gasteiger partial charge in [0.15, 0.2) is 6.61 Å². The normalized spacial score (nSPS) is 13.1. The highest BCUT2D eigenvalue weighted by atomic mass is 16.5. The van der Waals surface area contributed by atoms with Crippen LogP contribution in [0, 0.1) is 5.92 Å². The molecule has 0 aliphatic heterocycles. The number of anilines is 1. The van der Waals surface area contributed by atoms with Crippen molar-refractivity contribution in [1.29, 1.82) is 0 Å². The van der Waals surface area contributed by atoms with Crippen LogP contribution in [0.3, 0.4) is 0 Å². The first-order valence-electron chi connectivity index (χ1n) is 7.34. The van der Waals surface area contributed by atoms with Crippen molar-refractivity contribution < 1.29 is 14.3 Å². The molecule has 0 radical (unpaired) electrons. The van der Waals surface area contributed by atoms with Gasteiger partial charge in [0, 0.05) is 25.8 Å². The van der Waals surface area contributed by atoms with Gasteiger partial charge in [0.05, 0.1) is 6.04 Å². The number of ether oxygens (including phenoxy) is 1. The van der Waals surface area contributed by atoms with Gasteiger partial charge in [-0.1, -0.05) is 26.3 Å². The summed E-state index contributed by atoms with van der Waals surface area (Å²) >= 11 is 0. The second kappa shape index (κ2) is 8.38. The van der Waals surface area contributed by atoms with E-state index in [-0.39, 0.29) is 24.3 Å². The van der Waals surface area contributed by atoms with Crippen LogP contribution in [0.4, 0.5) is 5.69 Å². The van der Waals surface area contributed by atoms with E-state index in [1.54, 1.807) is 38.4 Å². The summed E-state index contributed by atoms with van der Waals surface area (Å²) in [5, 5.41) is 2.77. The van der Waals surface area contributed by atoms with Crippen LogP contribution in [0.1, 0.15) is 20.3 Å². The van der Waals surface area contributed by atoms with Gasteiger partial charge in [-0.3, -0.25) is 9.59 Å². The Morgan fingerprint density at radius 2 is 2.05 bits per heavy atom. The van der Waals surface area contributed by atoms with Crippen LogP contribution >= 0.6 is 0 Å². The molecule has 2 atom stereocenters. The lowest BCUT2D eigenvalue weighted by Gasteiger charge is -2.18. The van der Waals surface area contributed by atoms with Crippen LogP contribution in [-0.2, 0) is 9.59 Å². The fourth-order valence-electron chi connectivity index (χ4n) is 1.68. The SMILES string of the molecule is CCC(C)C(N)C(=O)Nc1cccc(OCC(=O)N(C)C)c1. The van der Waals surface area contributed by atoms with E-state index in [0.717, 1.165) is 6.42 Å². The number of nitrogens with zero attached hydrogens (tertiary/aromatic N) is 1. The maximum absolute atomic E-state index is 12.0. The van der Waals surface area contributed by atoms with E-state index in [0.29, 0.717) is 11.4 Å². The number of amides is 2. The molecule has 1 aromatic carbocycles. The zero-order chi connectivity index (χ0) is 16.7. The lowest BCUT2D eigenvalue weighted by molar-refractivity contribution is -0.130. The lowest BCUT2D eigenvalue weighted by Crippen LogP contribution is -2.40. The predicted octanol–water partition coefficient (Wildman–Crippen LogP) is 1.47. The Labute approximate surface area is 131 Å². The Morgan fingerprint density at radius 3 is 2.64 bits per heavy atom. The molecule has 0 aliphatic carbocycles. The third kappa shape index (κ3) is 5.37. The summed E-state index contributed by atoms with van der Waals surface area (Å²) in [4.78, 5) is 25.0. The van der Waals surface area contributed by atoms with E-state index in [2.05, 4.69) is 5.32 Å². The van der Waals surface area contributed by atoms with Crippen LogP contribution in [0.5, 0.6) is 5.75 Å². The molecule has 0 saturated carbocycles. The topological polar surface area (TPSA) is 84.7 Å². The lowest BCUT2D eigenvalue weighted by atomic mass is 9.99. The van der Waals surface area contributed by atoms with E-state index in [9.17, 15) is 9.59 Å². The highest BCUT2D eigenvalue weighted by Crippen LogP contribution is 2.18. The molecule has 0 spiro atoms. The first kappa shape index (κ1) is 18.0. The highest BCUT2D eigenvalue weighted by molar-refractivity contribution is 5.95. The third-order valence-electron chi connectivity index (χ3n) is 3.52. The second-order valence-corrected chi connectivity index (χ2v) is 5.51. The minimum atomic E-state index is -0.551. The van der Waals surface area contributed by atoms with Crippen molar-refractivity contribution in [3.8, 4) is 5.75 Å². The number of nitrogens with one attached hydrogen (secondary N) is 1. The van der Waals surface area contributed by atoms with E-state index >= 15 is 0 Å². The molecule has 3 N–H and O–H groups in total. The predicted molar refractivity (Wildman–Crippen MR) is 86.7 cm³/mol. The Kier molecular flexibility index (Phi) is 6.85. The minimum Gasteiger partial charge on any atom is -0.484 e. The molecule has 0 bridgehead atoms. The summed E-state index contributed by atoms with van der Waals surface area (Å²) in [6.07, 6.45) is 0.838. The maximum atomic E-state index is 12.0. The fourth-order valence-corrected chi connectivity index (χ4v) is 1.68. The van der Waals surface area contributed by atoms with Gasteiger partial charge in [-0.05, 0) is 18.1 Å². The first-order chi connectivity index (χ1) is 10.3. The van der Waals surface area contributed by atoms with Gasteiger partial charge in [-0.2, -0.15) is 0 Å². The summed E-state index contributed by atoms with van der Waals surface area (Å²) in [7, 11) is 3.33. The van der Waals surface area contributed by atoms with Gasteiger partial charge in [0.1, 0.15) is 5.75 Å². The van der Waals surface area contributed by atoms with Gasteiger partial charge in [0.2, 0.25) is 5.91 Å². The quantitative estimate of drug-likeness (QED) is 0.799. The van der Waals surface area contributed by atoms with E-state index in [4.69, 9.17) is 10.5 Å². The Balaban J connectivity index is 2.64. The second-order valence-electron chi connectivity index (χ2n) is 5.51. The Bertz CT molecular complexity index is 517. The molecule has 0 fully saturated rings. The Morgan fingerprint density at radius 1 is 1.36 bits per heavy atom. The fraction of sp³-hybridized carbons (Fsp3) is 0.500. The smallest absolute Gasteiger partial charge is 0.259 e. The van der Waals surface area contributed by atoms with Crippen LogP contribution in [0.2, 0.25) is 0 Å². The van der Waals surface area contributed by atoms with Crippen molar-refractivity contribution in [2.24, 2.45) is 11.7 Å². The van der Waals surface area contributed by atoms with Gasteiger partial charge in [-0.25, -0.2) is 0 Å². The summed E-state index contributed by atoms with van der Waals surface area (Å²) in [6, 6.07) is 6.35. The van der Waals surface area contributed by atoms with Gasteiger partial charge >= 0.3 is 0 Å². The first-order valence-corrected chi connectivity index (χ1v) is 7.34. The molecule has 2 amide bonds. The summed E-state index contributed by atoms with van der Waals surface area (Å²) in [6.45, 7) is 3.89. The van der Waals surface area contributed by atoms with Crippen molar-refractivity contribution in [3.05, 3.63) is 24.3 Å². The third-order valence-corrected chi connectivity index (χ3v) is 3.52. The van der Waals surface area contributed by atoms with Crippen molar-refractivity contribution in [2.75, 3.05) is 26.0 Å². The van der Waals surface area contributed by atoms with Gasteiger partial charge in [-0.15, -0.1) is 0 Å². The molecule has 22 heavy (non-hydrogen) atoms. The number of carbonyl (C=O) groups excluding carboxylic acids is 2. The number of hydrogen-bond acceptors (Lipinski definition) is 4. The average molecular weight is 307 g/mol. The zero-order valence-electron chi connectivity index (χ0n) is 13.6. The van der Waals surface area contributed by atoms with E-state index in [1.165, 1.54) is 4.90 Å². The monoisotopic (exact) mass is 307 g/mol. The molecular formula is C16H25N3O3. The van der Waals surface area contributed by atoms with Crippen molar-refractivity contribution >= 4 is 17.5 Å². The number of hydrogen-bond donors (Lipinski definition) is 2. The molecule has 1 aromatic rings. The number of carbonyl (C=O) groups is 2. The van der Waals surface area contributed by atoms with Crippen LogP contribution in [0.15, 0.2) is 24.3 Å². The van der Waals surface area contributed by atoms with Crippen molar-refractivity contribution in [3.63, 3.8) is 0 Å². The molecule has 0 aromatic heterocycles. The number of benzene rings is 1. The minimum absolute atomic E-state index is 0.0449. The summed E-state index contributed by atoms with van der Waals surface area (Å²) in [5.74, 6) is 0.270. The van der Waals surface area contributed by atoms with Gasteiger partial charge < -0.3 is 20.7 Å². The summed E-state index contributed by atoms with van der Waals surface area (Å²) < 4.78 is 5.41. The Hall–Kier alpha value is -2.08. The maximum Gasteiger partial charge on any atom is 0.259 e. The largest absolute Gasteiger partial charge is 0.484 e. The molecule has 0 aliphatic rings. The summed E-state index contributed by atoms with van der Waals surface area (Å²) in [5.41, 5.74) is 6.49. The molecule has 2 unspecified atom stereocenters. The average Bonchev–Trinajstić information content (AvgIpc) is 2.51. The molecule has 6 heteroatoms. The van der Waals surface area contributed by atoms with Crippen molar-refractivity contribution in [1.82, 2.24) is 4.90 Å². The van der Waals surface area contributed by atoms with E-state index in [1.807, 2.05) is 13.8 Å². The van der Waals surface area contributed by atoms with Crippen LogP contribution < -0.4 is 15.8 Å². The van der Waals surface area contributed by atoms with E-state index < -0.39 is 6.04 Å². The number of nitrogens with two attached hydrogens (primary N) is 1. The van der Waals surface area contributed by atoms with Gasteiger partial charge in [0.25, 0.3) is 5.91 Å². The van der Waals surface area contributed by atoms with Crippen molar-refractivity contribution in [2.45, 2.75) is 26.3 Å². The number of likely N-dealkylation sites (N-methyl/N-ethyl adjacent to an activating group) is 1. The highest BCUT2D eigenvalue weighted by Gasteiger charge is 2.19.